The number of urea groups is 1. The van der Waals surface area contributed by atoms with Crippen LogP contribution >= 0.6 is 0 Å². The first-order valence-corrected chi connectivity index (χ1v) is 7.70. The predicted octanol–water partition coefficient (Wildman–Crippen LogP) is 1.39. The normalized spacial score (nSPS) is 22.1. The Morgan fingerprint density at radius 1 is 1.22 bits per heavy atom. The van der Waals surface area contributed by atoms with E-state index in [2.05, 4.69) is 10.6 Å². The summed E-state index contributed by atoms with van der Waals surface area (Å²) in [5, 5.41) is 5.37. The molecule has 1 unspecified atom stereocenters. The van der Waals surface area contributed by atoms with Crippen molar-refractivity contribution in [1.29, 1.82) is 0 Å². The van der Waals surface area contributed by atoms with Gasteiger partial charge in [-0.15, -0.1) is 0 Å². The molecule has 2 N–H and O–H groups in total. The third-order valence-electron chi connectivity index (χ3n) is 2.83. The molecule has 1 aliphatic rings. The highest BCUT2D eigenvalue weighted by molar-refractivity contribution is 7.91. The zero-order valence-electron chi connectivity index (χ0n) is 9.93. The zero-order chi connectivity index (χ0) is 13.0. The maximum absolute atomic E-state index is 11.7. The van der Waals surface area contributed by atoms with E-state index in [4.69, 9.17) is 0 Å². The van der Waals surface area contributed by atoms with Gasteiger partial charge in [0, 0.05) is 11.7 Å². The van der Waals surface area contributed by atoms with E-state index in [1.807, 2.05) is 18.2 Å². The molecular weight excluding hydrogens is 252 g/mol. The summed E-state index contributed by atoms with van der Waals surface area (Å²) in [6, 6.07) is 8.41. The van der Waals surface area contributed by atoms with Gasteiger partial charge in [0.05, 0.1) is 11.5 Å². The van der Waals surface area contributed by atoms with Gasteiger partial charge in [0.1, 0.15) is 0 Å². The number of sulfone groups is 1. The highest BCUT2D eigenvalue weighted by Crippen LogP contribution is 2.12. The van der Waals surface area contributed by atoms with Crippen molar-refractivity contribution in [3.63, 3.8) is 0 Å². The number of hydrogen-bond donors (Lipinski definition) is 2. The number of para-hydroxylation sites is 1. The van der Waals surface area contributed by atoms with Gasteiger partial charge >= 0.3 is 6.03 Å². The minimum absolute atomic E-state index is 0.0369. The van der Waals surface area contributed by atoms with E-state index in [0.717, 1.165) is 0 Å². The van der Waals surface area contributed by atoms with Gasteiger partial charge in [-0.3, -0.25) is 0 Å². The average Bonchev–Trinajstić information content (AvgIpc) is 2.28. The van der Waals surface area contributed by atoms with Gasteiger partial charge in [-0.1, -0.05) is 18.2 Å². The number of benzene rings is 1. The van der Waals surface area contributed by atoms with Gasteiger partial charge in [0.2, 0.25) is 0 Å². The van der Waals surface area contributed by atoms with Crippen molar-refractivity contribution < 1.29 is 13.2 Å². The lowest BCUT2D eigenvalue weighted by molar-refractivity contribution is 0.248. The fourth-order valence-electron chi connectivity index (χ4n) is 2.01. The fourth-order valence-corrected chi connectivity index (χ4v) is 3.65. The lowest BCUT2D eigenvalue weighted by Gasteiger charge is -2.23. The van der Waals surface area contributed by atoms with E-state index in [9.17, 15) is 13.2 Å². The molecule has 6 heteroatoms. The van der Waals surface area contributed by atoms with Crippen LogP contribution in [0.25, 0.3) is 0 Å². The molecule has 0 aliphatic carbocycles. The van der Waals surface area contributed by atoms with Crippen molar-refractivity contribution in [3.05, 3.63) is 30.3 Å². The molecule has 0 bridgehead atoms. The summed E-state index contributed by atoms with van der Waals surface area (Å²) in [7, 11) is -2.99. The molecule has 5 nitrogen and oxygen atoms in total. The van der Waals surface area contributed by atoms with Gasteiger partial charge in [0.15, 0.2) is 9.84 Å². The highest BCUT2D eigenvalue weighted by Gasteiger charge is 2.25. The van der Waals surface area contributed by atoms with E-state index < -0.39 is 9.84 Å². The molecule has 2 amide bonds. The van der Waals surface area contributed by atoms with Gasteiger partial charge in [0.25, 0.3) is 0 Å². The van der Waals surface area contributed by atoms with E-state index >= 15 is 0 Å². The zero-order valence-corrected chi connectivity index (χ0v) is 10.7. The molecule has 1 heterocycles. The molecule has 98 valence electrons. The Labute approximate surface area is 107 Å². The topological polar surface area (TPSA) is 75.3 Å². The highest BCUT2D eigenvalue weighted by atomic mass is 32.2. The summed E-state index contributed by atoms with van der Waals surface area (Å²) >= 11 is 0. The largest absolute Gasteiger partial charge is 0.334 e. The number of carbonyl (C=O) groups is 1. The number of amides is 2. The number of nitrogens with one attached hydrogen (secondary N) is 2. The van der Waals surface area contributed by atoms with Crippen LogP contribution in [0, 0.1) is 0 Å². The van der Waals surface area contributed by atoms with E-state index in [-0.39, 0.29) is 23.6 Å². The minimum atomic E-state index is -2.99. The summed E-state index contributed by atoms with van der Waals surface area (Å²) in [5.41, 5.74) is 0.689. The maximum atomic E-state index is 11.7. The Balaban J connectivity index is 1.88. The van der Waals surface area contributed by atoms with E-state index in [1.165, 1.54) is 0 Å². The van der Waals surface area contributed by atoms with Gasteiger partial charge < -0.3 is 10.6 Å². The van der Waals surface area contributed by atoms with E-state index in [0.29, 0.717) is 18.5 Å². The number of carbonyl (C=O) groups excluding carboxylic acids is 1. The van der Waals surface area contributed by atoms with Crippen LogP contribution in [0.4, 0.5) is 10.5 Å². The van der Waals surface area contributed by atoms with Crippen molar-refractivity contribution >= 4 is 21.6 Å². The molecule has 1 aromatic carbocycles. The van der Waals surface area contributed by atoms with Crippen LogP contribution in [0.15, 0.2) is 30.3 Å². The monoisotopic (exact) mass is 268 g/mol. The molecule has 2 rings (SSSR count). The minimum Gasteiger partial charge on any atom is -0.334 e. The van der Waals surface area contributed by atoms with Crippen molar-refractivity contribution in [2.75, 3.05) is 16.8 Å². The molecule has 0 aromatic heterocycles. The first-order valence-electron chi connectivity index (χ1n) is 5.88. The van der Waals surface area contributed by atoms with Crippen LogP contribution in [0.3, 0.4) is 0 Å². The van der Waals surface area contributed by atoms with E-state index in [1.54, 1.807) is 12.1 Å². The number of rotatable bonds is 2. The predicted molar refractivity (Wildman–Crippen MR) is 70.3 cm³/mol. The summed E-state index contributed by atoms with van der Waals surface area (Å²) < 4.78 is 22.9. The molecule has 18 heavy (non-hydrogen) atoms. The third kappa shape index (κ3) is 3.73. The molecule has 1 fully saturated rings. The van der Waals surface area contributed by atoms with Crippen LogP contribution in [0.1, 0.15) is 12.8 Å². The smallest absolute Gasteiger partial charge is 0.319 e. The molecule has 1 aromatic rings. The Morgan fingerprint density at radius 3 is 2.61 bits per heavy atom. The Kier molecular flexibility index (Phi) is 3.86. The molecule has 1 saturated heterocycles. The second-order valence-electron chi connectivity index (χ2n) is 4.42. The summed E-state index contributed by atoms with van der Waals surface area (Å²) in [4.78, 5) is 11.7. The third-order valence-corrected chi connectivity index (χ3v) is 4.65. The summed E-state index contributed by atoms with van der Waals surface area (Å²) in [6.07, 6.45) is 1.32. The maximum Gasteiger partial charge on any atom is 0.319 e. The number of hydrogen-bond acceptors (Lipinski definition) is 3. The molecule has 0 spiro atoms. The van der Waals surface area contributed by atoms with Crippen molar-refractivity contribution in [3.8, 4) is 0 Å². The van der Waals surface area contributed by atoms with Gasteiger partial charge in [-0.2, -0.15) is 0 Å². The summed E-state index contributed by atoms with van der Waals surface area (Å²) in [5.74, 6) is 0.265. The fraction of sp³-hybridized carbons (Fsp3) is 0.417. The Bertz CT molecular complexity index is 513. The molecular formula is C12H16N2O3S. The Morgan fingerprint density at radius 2 is 1.94 bits per heavy atom. The van der Waals surface area contributed by atoms with Crippen LogP contribution in [0.5, 0.6) is 0 Å². The quantitative estimate of drug-likeness (QED) is 0.851. The standard InChI is InChI=1S/C12H16N2O3S/c15-12(13-10-5-2-1-3-6-10)14-11-7-4-8-18(16,17)9-11/h1-3,5-6,11H,4,7-9H2,(H2,13,14,15). The molecule has 1 aliphatic heterocycles. The first kappa shape index (κ1) is 12.9. The number of anilines is 1. The Hall–Kier alpha value is -1.56. The van der Waals surface area contributed by atoms with Crippen LogP contribution in [0.2, 0.25) is 0 Å². The molecule has 1 atom stereocenters. The van der Waals surface area contributed by atoms with Crippen LogP contribution in [-0.4, -0.2) is 32.0 Å². The molecule has 0 saturated carbocycles. The van der Waals surface area contributed by atoms with Crippen molar-refractivity contribution in [2.45, 2.75) is 18.9 Å². The SMILES string of the molecule is O=C(Nc1ccccc1)NC1CCCS(=O)(=O)C1. The van der Waals surface area contributed by atoms with Gasteiger partial charge in [-0.05, 0) is 25.0 Å². The van der Waals surface area contributed by atoms with Crippen molar-refractivity contribution in [2.24, 2.45) is 0 Å². The molecule has 0 radical (unpaired) electrons. The summed E-state index contributed by atoms with van der Waals surface area (Å²) in [6.45, 7) is 0. The van der Waals surface area contributed by atoms with Gasteiger partial charge in [-0.25, -0.2) is 13.2 Å². The first-order chi connectivity index (χ1) is 8.55. The second-order valence-corrected chi connectivity index (χ2v) is 6.65. The van der Waals surface area contributed by atoms with Crippen molar-refractivity contribution in [1.82, 2.24) is 5.32 Å². The van der Waals surface area contributed by atoms with Crippen LogP contribution in [-0.2, 0) is 9.84 Å². The average molecular weight is 268 g/mol. The lowest BCUT2D eigenvalue weighted by Crippen LogP contribution is -2.44. The second kappa shape index (κ2) is 5.39. The van der Waals surface area contributed by atoms with Crippen LogP contribution < -0.4 is 10.6 Å². The lowest BCUT2D eigenvalue weighted by atomic mass is 10.2.